The number of hydrogen-bond acceptors (Lipinski definition) is 8. The Hall–Kier alpha value is -4.74. The van der Waals surface area contributed by atoms with E-state index < -0.39 is 4.92 Å². The van der Waals surface area contributed by atoms with Gasteiger partial charge in [-0.1, -0.05) is 49.7 Å². The van der Waals surface area contributed by atoms with Gasteiger partial charge >= 0.3 is 0 Å². The molecule has 4 aromatic carbocycles. The first kappa shape index (κ1) is 34.6. The van der Waals surface area contributed by atoms with E-state index in [4.69, 9.17) is 30.8 Å². The molecular formula is C36H34BrClN4O6. The highest BCUT2D eigenvalue weighted by Gasteiger charge is 2.21. The number of hydrogen-bond donors (Lipinski definition) is 0. The molecule has 0 aliphatic carbocycles. The third-order valence-corrected chi connectivity index (χ3v) is 8.99. The van der Waals surface area contributed by atoms with Gasteiger partial charge in [-0.3, -0.25) is 14.9 Å². The fraction of sp³-hybridized carbons (Fsp3) is 0.250. The molecule has 0 aliphatic heterocycles. The van der Waals surface area contributed by atoms with Crippen molar-refractivity contribution in [2.75, 3.05) is 13.2 Å². The van der Waals surface area contributed by atoms with Gasteiger partial charge in [0, 0.05) is 27.7 Å². The van der Waals surface area contributed by atoms with Crippen molar-refractivity contribution < 1.29 is 19.1 Å². The second-order valence-corrected chi connectivity index (χ2v) is 12.3. The summed E-state index contributed by atoms with van der Waals surface area (Å²) in [5, 5.41) is 16.5. The molecule has 0 amide bonds. The molecule has 12 heteroatoms. The Kier molecular flexibility index (Phi) is 10.8. The van der Waals surface area contributed by atoms with Gasteiger partial charge in [0.25, 0.3) is 11.2 Å². The largest absolute Gasteiger partial charge is 0.494 e. The molecule has 0 bridgehead atoms. The van der Waals surface area contributed by atoms with E-state index in [-0.39, 0.29) is 34.5 Å². The van der Waals surface area contributed by atoms with E-state index >= 15 is 0 Å². The van der Waals surface area contributed by atoms with Crippen LogP contribution < -0.4 is 19.8 Å². The number of nitro groups is 1. The number of nitrogens with zero attached hydrogens (tertiary/aromatic N) is 4. The number of ether oxygens (including phenoxy) is 3. The number of aromatic nitrogens is 2. The maximum atomic E-state index is 14.0. The van der Waals surface area contributed by atoms with Crippen LogP contribution in [0.4, 0.5) is 5.69 Å². The summed E-state index contributed by atoms with van der Waals surface area (Å²) in [5.41, 5.74) is 3.90. The molecule has 0 radical (unpaired) electrons. The Balaban J connectivity index is 1.61. The Bertz CT molecular complexity index is 2100. The first-order valence-electron chi connectivity index (χ1n) is 15.4. The lowest BCUT2D eigenvalue weighted by Crippen LogP contribution is -2.21. The van der Waals surface area contributed by atoms with Gasteiger partial charge in [-0.25, -0.2) is 4.98 Å². The zero-order valence-corrected chi connectivity index (χ0v) is 29.5. The predicted octanol–water partition coefficient (Wildman–Crippen LogP) is 9.08. The summed E-state index contributed by atoms with van der Waals surface area (Å²) in [7, 11) is 0. The topological polar surface area (TPSA) is 118 Å². The maximum absolute atomic E-state index is 14.0. The quantitative estimate of drug-likeness (QED) is 0.0713. The number of para-hydroxylation sites is 1. The molecule has 0 atom stereocenters. The van der Waals surface area contributed by atoms with E-state index in [0.717, 1.165) is 22.4 Å². The second kappa shape index (κ2) is 15.0. The van der Waals surface area contributed by atoms with Crippen LogP contribution in [0.5, 0.6) is 17.2 Å². The molecule has 0 saturated carbocycles. The van der Waals surface area contributed by atoms with Crippen molar-refractivity contribution >= 4 is 50.3 Å². The third kappa shape index (κ3) is 7.22. The Labute approximate surface area is 291 Å². The van der Waals surface area contributed by atoms with Gasteiger partial charge in [0.15, 0.2) is 17.3 Å². The van der Waals surface area contributed by atoms with Gasteiger partial charge in [-0.05, 0) is 89.6 Å². The van der Waals surface area contributed by atoms with E-state index in [1.54, 1.807) is 36.4 Å². The fourth-order valence-corrected chi connectivity index (χ4v) is 5.86. The zero-order valence-electron chi connectivity index (χ0n) is 27.1. The summed E-state index contributed by atoms with van der Waals surface area (Å²) >= 11 is 10.4. The van der Waals surface area contributed by atoms with Crippen LogP contribution in [0.3, 0.4) is 0 Å². The molecule has 248 valence electrons. The molecule has 0 N–H and O–H groups in total. The molecule has 0 unspecified atom stereocenters. The summed E-state index contributed by atoms with van der Waals surface area (Å²) in [6.07, 6.45) is 1.51. The maximum Gasteiger partial charge on any atom is 0.282 e. The smallest absolute Gasteiger partial charge is 0.282 e. The van der Waals surface area contributed by atoms with Crippen LogP contribution in [0.15, 0.2) is 81.1 Å². The minimum Gasteiger partial charge on any atom is -0.494 e. The van der Waals surface area contributed by atoms with Crippen molar-refractivity contribution in [1.82, 2.24) is 9.66 Å². The lowest BCUT2D eigenvalue weighted by Gasteiger charge is -2.18. The lowest BCUT2D eigenvalue weighted by molar-refractivity contribution is -0.384. The third-order valence-electron chi connectivity index (χ3n) is 7.55. The average molecular weight is 734 g/mol. The van der Waals surface area contributed by atoms with Gasteiger partial charge in [-0.15, -0.1) is 0 Å². The molecule has 5 aromatic rings. The van der Waals surface area contributed by atoms with Gasteiger partial charge < -0.3 is 14.2 Å². The Morgan fingerprint density at radius 3 is 2.46 bits per heavy atom. The van der Waals surface area contributed by atoms with Gasteiger partial charge in [0.1, 0.15) is 17.4 Å². The van der Waals surface area contributed by atoms with E-state index in [1.807, 2.05) is 39.0 Å². The first-order chi connectivity index (χ1) is 23.0. The highest BCUT2D eigenvalue weighted by atomic mass is 79.9. The Morgan fingerprint density at radius 2 is 1.75 bits per heavy atom. The van der Waals surface area contributed by atoms with Gasteiger partial charge in [0.2, 0.25) is 0 Å². The predicted molar refractivity (Wildman–Crippen MR) is 192 cm³/mol. The molecule has 0 fully saturated rings. The normalized spacial score (nSPS) is 11.4. The van der Waals surface area contributed by atoms with Gasteiger partial charge in [0.05, 0.1) is 35.3 Å². The van der Waals surface area contributed by atoms with Crippen molar-refractivity contribution in [1.29, 1.82) is 0 Å². The lowest BCUT2D eigenvalue weighted by atomic mass is 9.96. The number of halogens is 2. The summed E-state index contributed by atoms with van der Waals surface area (Å²) < 4.78 is 19.6. The number of aryl methyl sites for hydroxylation is 1. The van der Waals surface area contributed by atoms with E-state index in [2.05, 4.69) is 34.9 Å². The highest BCUT2D eigenvalue weighted by molar-refractivity contribution is 9.10. The second-order valence-electron chi connectivity index (χ2n) is 11.2. The molecule has 5 rings (SSSR count). The van der Waals surface area contributed by atoms with Crippen LogP contribution in [0.2, 0.25) is 5.02 Å². The SMILES string of the molecule is CCOc1cc(C)c(-c2nc3ccccc3c(=O)n2N=Cc2cc(OCC)c(OCc3cccc([N+](=O)[O-])c3)c(Cl)c2Br)cc1C(C)C. The summed E-state index contributed by atoms with van der Waals surface area (Å²) in [5.74, 6) is 1.92. The van der Waals surface area contributed by atoms with Crippen molar-refractivity contribution in [3.05, 3.63) is 119 Å². The van der Waals surface area contributed by atoms with Crippen LogP contribution in [0, 0.1) is 17.0 Å². The number of rotatable bonds is 12. The molecule has 48 heavy (non-hydrogen) atoms. The standard InChI is InChI=1S/C36H34BrClN4O6/c1-6-46-30-15-22(5)28(18-27(30)21(3)4)35-40-29-14-9-8-13-26(29)36(43)41(35)39-19-24-17-31(47-7-2)34(33(38)32(24)37)48-20-23-11-10-12-25(16-23)42(44)45/h8-19,21H,6-7,20H2,1-5H3. The van der Waals surface area contributed by atoms with Crippen molar-refractivity contribution in [3.63, 3.8) is 0 Å². The van der Waals surface area contributed by atoms with Crippen molar-refractivity contribution in [2.45, 2.75) is 47.1 Å². The minimum atomic E-state index is -0.463. The van der Waals surface area contributed by atoms with E-state index in [0.29, 0.717) is 51.3 Å². The number of non-ortho nitro benzene ring substituents is 1. The monoisotopic (exact) mass is 732 g/mol. The molecule has 1 heterocycles. The number of benzene rings is 4. The molecule has 10 nitrogen and oxygen atoms in total. The van der Waals surface area contributed by atoms with Crippen molar-refractivity contribution in [2.24, 2.45) is 5.10 Å². The van der Waals surface area contributed by atoms with Crippen molar-refractivity contribution in [3.8, 4) is 28.6 Å². The Morgan fingerprint density at radius 1 is 1.02 bits per heavy atom. The van der Waals surface area contributed by atoms with Crippen LogP contribution in [0.25, 0.3) is 22.3 Å². The molecule has 0 saturated heterocycles. The molecule has 0 aliphatic rings. The first-order valence-corrected chi connectivity index (χ1v) is 16.6. The van der Waals surface area contributed by atoms with Crippen LogP contribution in [-0.4, -0.2) is 34.0 Å². The van der Waals surface area contributed by atoms with Crippen LogP contribution in [-0.2, 0) is 6.61 Å². The number of fused-ring (bicyclic) bond motifs is 1. The van der Waals surface area contributed by atoms with E-state index in [1.165, 1.54) is 23.0 Å². The van der Waals surface area contributed by atoms with Crippen LogP contribution in [0.1, 0.15) is 55.9 Å². The fourth-order valence-electron chi connectivity index (χ4n) is 5.21. The van der Waals surface area contributed by atoms with Crippen LogP contribution >= 0.6 is 27.5 Å². The average Bonchev–Trinajstić information content (AvgIpc) is 3.06. The molecule has 0 spiro atoms. The number of nitro benzene ring substituents is 1. The summed E-state index contributed by atoms with van der Waals surface area (Å²) in [4.78, 5) is 29.6. The minimum absolute atomic E-state index is 0.0165. The summed E-state index contributed by atoms with van der Waals surface area (Å²) in [6, 6.07) is 19.0. The van der Waals surface area contributed by atoms with Gasteiger partial charge in [-0.2, -0.15) is 9.78 Å². The highest BCUT2D eigenvalue weighted by Crippen LogP contribution is 2.43. The van der Waals surface area contributed by atoms with E-state index in [9.17, 15) is 14.9 Å². The molecular weight excluding hydrogens is 700 g/mol. The summed E-state index contributed by atoms with van der Waals surface area (Å²) in [6.45, 7) is 10.8. The zero-order chi connectivity index (χ0) is 34.5. The molecule has 1 aromatic heterocycles.